The lowest BCUT2D eigenvalue weighted by molar-refractivity contribution is 0.0600. The third-order valence-corrected chi connectivity index (χ3v) is 3.18. The fourth-order valence-electron chi connectivity index (χ4n) is 1.40. The number of nitrogens with zero attached hydrogens (tertiary/aromatic N) is 1. The van der Waals surface area contributed by atoms with Crippen LogP contribution in [0, 0.1) is 0 Å². The summed E-state index contributed by atoms with van der Waals surface area (Å²) in [6, 6.07) is 5.57. The predicted octanol–water partition coefficient (Wildman–Crippen LogP) is 3.55. The summed E-state index contributed by atoms with van der Waals surface area (Å²) in [5.41, 5.74) is 1.26. The van der Waals surface area contributed by atoms with E-state index in [4.69, 9.17) is 0 Å². The SMILES string of the molecule is COC(=O)c1cnc2c(Br)cc(Br)cc2c1. The molecule has 0 N–H and O–H groups in total. The molecule has 1 heterocycles. The number of hydrogen-bond donors (Lipinski definition) is 0. The van der Waals surface area contributed by atoms with Gasteiger partial charge in [0.1, 0.15) is 0 Å². The summed E-state index contributed by atoms with van der Waals surface area (Å²) >= 11 is 6.81. The molecule has 2 aromatic rings. The van der Waals surface area contributed by atoms with E-state index in [9.17, 15) is 4.79 Å². The van der Waals surface area contributed by atoms with E-state index >= 15 is 0 Å². The minimum atomic E-state index is -0.384. The molecule has 0 saturated heterocycles. The first kappa shape index (κ1) is 11.5. The molecule has 0 bridgehead atoms. The van der Waals surface area contributed by atoms with Gasteiger partial charge in [0.25, 0.3) is 0 Å². The molecule has 0 atom stereocenters. The van der Waals surface area contributed by atoms with Crippen LogP contribution in [0.25, 0.3) is 10.9 Å². The van der Waals surface area contributed by atoms with Crippen molar-refractivity contribution in [3.05, 3.63) is 38.9 Å². The number of benzene rings is 1. The van der Waals surface area contributed by atoms with Gasteiger partial charge >= 0.3 is 5.97 Å². The van der Waals surface area contributed by atoms with Gasteiger partial charge in [0, 0.05) is 20.5 Å². The molecule has 2 rings (SSSR count). The van der Waals surface area contributed by atoms with Crippen LogP contribution in [-0.2, 0) is 4.74 Å². The van der Waals surface area contributed by atoms with Crippen molar-refractivity contribution in [3.8, 4) is 0 Å². The largest absolute Gasteiger partial charge is 0.465 e. The lowest BCUT2D eigenvalue weighted by atomic mass is 10.1. The maximum Gasteiger partial charge on any atom is 0.339 e. The van der Waals surface area contributed by atoms with E-state index in [1.807, 2.05) is 12.1 Å². The average Bonchev–Trinajstić information content (AvgIpc) is 2.27. The molecule has 0 spiro atoms. The third-order valence-electron chi connectivity index (χ3n) is 2.12. The number of carbonyl (C=O) groups excluding carboxylic acids is 1. The van der Waals surface area contributed by atoms with Gasteiger partial charge in [-0.3, -0.25) is 4.98 Å². The zero-order valence-electron chi connectivity index (χ0n) is 8.33. The molecule has 0 aliphatic heterocycles. The summed E-state index contributed by atoms with van der Waals surface area (Å²) in [6.45, 7) is 0. The van der Waals surface area contributed by atoms with Crippen LogP contribution in [0.15, 0.2) is 33.3 Å². The second kappa shape index (κ2) is 4.51. The van der Waals surface area contributed by atoms with E-state index in [0.29, 0.717) is 5.56 Å². The Hall–Kier alpha value is -0.940. The molecule has 0 radical (unpaired) electrons. The Morgan fingerprint density at radius 1 is 1.31 bits per heavy atom. The number of ether oxygens (including phenoxy) is 1. The van der Waals surface area contributed by atoms with Crippen LogP contribution in [-0.4, -0.2) is 18.1 Å². The van der Waals surface area contributed by atoms with Crippen LogP contribution in [0.2, 0.25) is 0 Å². The fourth-order valence-corrected chi connectivity index (χ4v) is 2.76. The first-order valence-electron chi connectivity index (χ1n) is 4.45. The second-order valence-electron chi connectivity index (χ2n) is 3.17. The molecule has 82 valence electrons. The van der Waals surface area contributed by atoms with E-state index in [1.54, 1.807) is 6.07 Å². The summed E-state index contributed by atoms with van der Waals surface area (Å²) in [6.07, 6.45) is 1.51. The van der Waals surface area contributed by atoms with Crippen LogP contribution in [0.3, 0.4) is 0 Å². The number of pyridine rings is 1. The normalized spacial score (nSPS) is 10.4. The van der Waals surface area contributed by atoms with Crippen molar-refractivity contribution in [2.45, 2.75) is 0 Å². The second-order valence-corrected chi connectivity index (χ2v) is 4.94. The van der Waals surface area contributed by atoms with Crippen molar-refractivity contribution in [2.75, 3.05) is 7.11 Å². The van der Waals surface area contributed by atoms with Crippen molar-refractivity contribution < 1.29 is 9.53 Å². The van der Waals surface area contributed by atoms with Crippen molar-refractivity contribution in [3.63, 3.8) is 0 Å². The minimum Gasteiger partial charge on any atom is -0.465 e. The number of rotatable bonds is 1. The quantitative estimate of drug-likeness (QED) is 0.743. The highest BCUT2D eigenvalue weighted by Crippen LogP contribution is 2.27. The molecule has 1 aromatic carbocycles. The van der Waals surface area contributed by atoms with E-state index < -0.39 is 0 Å². The zero-order valence-corrected chi connectivity index (χ0v) is 11.5. The van der Waals surface area contributed by atoms with Crippen molar-refractivity contribution >= 4 is 48.7 Å². The number of aromatic nitrogens is 1. The summed E-state index contributed by atoms with van der Waals surface area (Å²) in [5.74, 6) is -0.384. The number of esters is 1. The molecule has 0 amide bonds. The molecule has 0 saturated carbocycles. The topological polar surface area (TPSA) is 39.2 Å². The van der Waals surface area contributed by atoms with E-state index in [1.165, 1.54) is 13.3 Å². The molecule has 0 aliphatic carbocycles. The Bertz CT molecular complexity index is 569. The van der Waals surface area contributed by atoms with Gasteiger partial charge in [0.05, 0.1) is 18.2 Å². The highest BCUT2D eigenvalue weighted by Gasteiger charge is 2.09. The van der Waals surface area contributed by atoms with Crippen molar-refractivity contribution in [1.29, 1.82) is 0 Å². The van der Waals surface area contributed by atoms with Crippen molar-refractivity contribution in [1.82, 2.24) is 4.98 Å². The lowest BCUT2D eigenvalue weighted by Gasteiger charge is -2.03. The molecule has 0 unspecified atom stereocenters. The summed E-state index contributed by atoms with van der Waals surface area (Å²) < 4.78 is 6.45. The van der Waals surface area contributed by atoms with Gasteiger partial charge in [0.2, 0.25) is 0 Å². The molecule has 3 nitrogen and oxygen atoms in total. The molecule has 16 heavy (non-hydrogen) atoms. The Morgan fingerprint density at radius 2 is 2.06 bits per heavy atom. The standard InChI is InChI=1S/C11H7Br2NO2/c1-16-11(15)7-2-6-3-8(12)4-9(13)10(6)14-5-7/h2-5H,1H3. The lowest BCUT2D eigenvalue weighted by Crippen LogP contribution is -2.01. The highest BCUT2D eigenvalue weighted by atomic mass is 79.9. The van der Waals surface area contributed by atoms with E-state index in [0.717, 1.165) is 19.8 Å². The van der Waals surface area contributed by atoms with Gasteiger partial charge < -0.3 is 4.74 Å². The van der Waals surface area contributed by atoms with Gasteiger partial charge in [-0.05, 0) is 34.1 Å². The van der Waals surface area contributed by atoms with Crippen LogP contribution in [0.4, 0.5) is 0 Å². The Kier molecular flexibility index (Phi) is 3.25. The summed E-state index contributed by atoms with van der Waals surface area (Å²) in [7, 11) is 1.35. The zero-order chi connectivity index (χ0) is 11.7. The van der Waals surface area contributed by atoms with Crippen LogP contribution in [0.1, 0.15) is 10.4 Å². The number of halogens is 2. The highest BCUT2D eigenvalue weighted by molar-refractivity contribution is 9.11. The molecular formula is C11H7Br2NO2. The molecule has 1 aromatic heterocycles. The third kappa shape index (κ3) is 2.10. The first-order chi connectivity index (χ1) is 7.61. The summed E-state index contributed by atoms with van der Waals surface area (Å²) in [4.78, 5) is 15.6. The van der Waals surface area contributed by atoms with Gasteiger partial charge in [-0.2, -0.15) is 0 Å². The van der Waals surface area contributed by atoms with Gasteiger partial charge in [-0.15, -0.1) is 0 Å². The predicted molar refractivity (Wildman–Crippen MR) is 68.5 cm³/mol. The Morgan fingerprint density at radius 3 is 2.75 bits per heavy atom. The van der Waals surface area contributed by atoms with E-state index in [2.05, 4.69) is 41.6 Å². The number of methoxy groups -OCH3 is 1. The number of fused-ring (bicyclic) bond motifs is 1. The molecule has 5 heteroatoms. The Balaban J connectivity index is 2.66. The van der Waals surface area contributed by atoms with Crippen LogP contribution >= 0.6 is 31.9 Å². The molecular weight excluding hydrogens is 338 g/mol. The van der Waals surface area contributed by atoms with Gasteiger partial charge in [0.15, 0.2) is 0 Å². The first-order valence-corrected chi connectivity index (χ1v) is 6.03. The monoisotopic (exact) mass is 343 g/mol. The molecule has 0 aliphatic rings. The smallest absolute Gasteiger partial charge is 0.339 e. The van der Waals surface area contributed by atoms with Gasteiger partial charge in [-0.1, -0.05) is 15.9 Å². The van der Waals surface area contributed by atoms with Crippen LogP contribution in [0.5, 0.6) is 0 Å². The number of carbonyl (C=O) groups is 1. The van der Waals surface area contributed by atoms with Gasteiger partial charge in [-0.25, -0.2) is 4.79 Å². The number of hydrogen-bond acceptors (Lipinski definition) is 3. The van der Waals surface area contributed by atoms with E-state index in [-0.39, 0.29) is 5.97 Å². The average molecular weight is 345 g/mol. The fraction of sp³-hybridized carbons (Fsp3) is 0.0909. The maximum absolute atomic E-state index is 11.3. The van der Waals surface area contributed by atoms with Crippen LogP contribution < -0.4 is 0 Å². The molecule has 0 fully saturated rings. The summed E-state index contributed by atoms with van der Waals surface area (Å²) in [5, 5.41) is 0.879. The maximum atomic E-state index is 11.3. The van der Waals surface area contributed by atoms with Crippen molar-refractivity contribution in [2.24, 2.45) is 0 Å². The minimum absolute atomic E-state index is 0.384. The Labute approximate surface area is 109 Å².